The molecule has 0 saturated carbocycles. The van der Waals surface area contributed by atoms with Gasteiger partial charge in [0.1, 0.15) is 17.5 Å². The van der Waals surface area contributed by atoms with Gasteiger partial charge in [-0.2, -0.15) is 0 Å². The molecule has 0 atom stereocenters. The molecule has 0 aliphatic carbocycles. The maximum atomic E-state index is 11.1. The maximum absolute atomic E-state index is 11.1. The lowest BCUT2D eigenvalue weighted by Crippen LogP contribution is -2.40. The zero-order valence-corrected chi connectivity index (χ0v) is 11.9. The van der Waals surface area contributed by atoms with Crippen molar-refractivity contribution in [1.29, 1.82) is 0 Å². The van der Waals surface area contributed by atoms with Crippen molar-refractivity contribution in [2.45, 2.75) is 19.8 Å². The largest absolute Gasteiger partial charge is 0.373 e. The first-order valence-electron chi connectivity index (χ1n) is 6.21. The third-order valence-corrected chi connectivity index (χ3v) is 2.52. The summed E-state index contributed by atoms with van der Waals surface area (Å²) in [4.78, 5) is 32.3. The molecule has 0 aromatic carbocycles. The quantitative estimate of drug-likeness (QED) is 0.613. The number of nitrogens with zero attached hydrogens (tertiary/aromatic N) is 3. The monoisotopic (exact) mass is 280 g/mol. The van der Waals surface area contributed by atoms with Gasteiger partial charge in [0.25, 0.3) is 0 Å². The number of rotatable bonds is 7. The topological polar surface area (TPSA) is 127 Å². The Hall–Kier alpha value is -2.38. The highest BCUT2D eigenvalue weighted by molar-refractivity contribution is 5.84. The van der Waals surface area contributed by atoms with Crippen LogP contribution >= 0.6 is 0 Å². The molecular formula is C12H20N6O2. The Bertz CT molecular complexity index is 487. The molecule has 0 spiro atoms. The zero-order valence-electron chi connectivity index (χ0n) is 11.9. The standard InChI is InChI=1S/C12H20N6O2/c1-7(2)12-16-10(15-3)4-11(17-12)18(5-8(13)19)6-9(14)20/h4,7H,5-6H2,1-3H3,(H2,13,19)(H2,14,20)(H,15,16,17). The fourth-order valence-electron chi connectivity index (χ4n) is 1.59. The Morgan fingerprint density at radius 1 is 1.25 bits per heavy atom. The molecule has 1 rings (SSSR count). The van der Waals surface area contributed by atoms with Gasteiger partial charge in [-0.1, -0.05) is 13.8 Å². The van der Waals surface area contributed by atoms with Crippen molar-refractivity contribution >= 4 is 23.5 Å². The van der Waals surface area contributed by atoms with Gasteiger partial charge in [0, 0.05) is 19.0 Å². The minimum Gasteiger partial charge on any atom is -0.373 e. The number of aromatic nitrogens is 2. The summed E-state index contributed by atoms with van der Waals surface area (Å²) in [6.45, 7) is 3.62. The fourth-order valence-corrected chi connectivity index (χ4v) is 1.59. The van der Waals surface area contributed by atoms with Crippen LogP contribution < -0.4 is 21.7 Å². The maximum Gasteiger partial charge on any atom is 0.237 e. The van der Waals surface area contributed by atoms with Crippen LogP contribution in [0.25, 0.3) is 0 Å². The minimum absolute atomic E-state index is 0.103. The molecule has 1 heterocycles. The van der Waals surface area contributed by atoms with Crippen molar-refractivity contribution in [2.24, 2.45) is 11.5 Å². The first-order chi connectivity index (χ1) is 9.33. The summed E-state index contributed by atoms with van der Waals surface area (Å²) in [6.07, 6.45) is 0. The van der Waals surface area contributed by atoms with E-state index in [9.17, 15) is 9.59 Å². The van der Waals surface area contributed by atoms with Crippen LogP contribution in [0.15, 0.2) is 6.07 Å². The van der Waals surface area contributed by atoms with Crippen LogP contribution in [0.4, 0.5) is 11.6 Å². The predicted molar refractivity (Wildman–Crippen MR) is 76.3 cm³/mol. The van der Waals surface area contributed by atoms with E-state index >= 15 is 0 Å². The molecule has 0 radical (unpaired) electrons. The Balaban J connectivity index is 3.19. The van der Waals surface area contributed by atoms with Crippen molar-refractivity contribution in [3.05, 3.63) is 11.9 Å². The van der Waals surface area contributed by atoms with Crippen molar-refractivity contribution in [1.82, 2.24) is 9.97 Å². The molecule has 1 aromatic rings. The molecule has 0 saturated heterocycles. The van der Waals surface area contributed by atoms with E-state index < -0.39 is 11.8 Å². The fraction of sp³-hybridized carbons (Fsp3) is 0.500. The van der Waals surface area contributed by atoms with Gasteiger partial charge >= 0.3 is 0 Å². The highest BCUT2D eigenvalue weighted by atomic mass is 16.2. The van der Waals surface area contributed by atoms with Crippen LogP contribution in [0.2, 0.25) is 0 Å². The minimum atomic E-state index is -0.568. The second-order valence-electron chi connectivity index (χ2n) is 4.66. The van der Waals surface area contributed by atoms with Gasteiger partial charge < -0.3 is 21.7 Å². The van der Waals surface area contributed by atoms with Gasteiger partial charge in [-0.05, 0) is 0 Å². The molecule has 0 unspecified atom stereocenters. The number of hydrogen-bond donors (Lipinski definition) is 3. The number of carbonyl (C=O) groups is 2. The van der Waals surface area contributed by atoms with Gasteiger partial charge in [0.15, 0.2) is 0 Å². The first kappa shape index (κ1) is 15.7. The summed E-state index contributed by atoms with van der Waals surface area (Å²) in [6, 6.07) is 1.64. The smallest absolute Gasteiger partial charge is 0.237 e. The van der Waals surface area contributed by atoms with Gasteiger partial charge in [0.05, 0.1) is 13.1 Å². The van der Waals surface area contributed by atoms with Gasteiger partial charge in [-0.15, -0.1) is 0 Å². The summed E-state index contributed by atoms with van der Waals surface area (Å²) in [7, 11) is 1.72. The molecule has 0 aliphatic heterocycles. The Morgan fingerprint density at radius 3 is 2.20 bits per heavy atom. The molecule has 0 fully saturated rings. The summed E-state index contributed by atoms with van der Waals surface area (Å²) in [5, 5.41) is 2.91. The van der Waals surface area contributed by atoms with E-state index in [-0.39, 0.29) is 19.0 Å². The third-order valence-electron chi connectivity index (χ3n) is 2.52. The Morgan fingerprint density at radius 2 is 1.80 bits per heavy atom. The molecule has 2 amide bonds. The summed E-state index contributed by atoms with van der Waals surface area (Å²) in [5.41, 5.74) is 10.4. The van der Waals surface area contributed by atoms with Gasteiger partial charge in [-0.3, -0.25) is 9.59 Å². The molecule has 0 aliphatic rings. The summed E-state index contributed by atoms with van der Waals surface area (Å²) < 4.78 is 0. The average Bonchev–Trinajstić information content (AvgIpc) is 2.36. The number of carbonyl (C=O) groups excluding carboxylic acids is 2. The lowest BCUT2D eigenvalue weighted by Gasteiger charge is -2.22. The normalized spacial score (nSPS) is 10.4. The number of hydrogen-bond acceptors (Lipinski definition) is 6. The summed E-state index contributed by atoms with van der Waals surface area (Å²) in [5.74, 6) is 0.601. The highest BCUT2D eigenvalue weighted by Crippen LogP contribution is 2.19. The predicted octanol–water partition coefficient (Wildman–Crippen LogP) is -0.581. The van der Waals surface area contributed by atoms with Crippen molar-refractivity contribution in [3.63, 3.8) is 0 Å². The van der Waals surface area contributed by atoms with E-state index in [1.54, 1.807) is 13.1 Å². The molecule has 1 aromatic heterocycles. The Kier molecular flexibility index (Phi) is 5.24. The lowest BCUT2D eigenvalue weighted by atomic mass is 10.2. The SMILES string of the molecule is CNc1cc(N(CC(N)=O)CC(N)=O)nc(C(C)C)n1. The second-order valence-corrected chi connectivity index (χ2v) is 4.66. The molecule has 5 N–H and O–H groups in total. The van der Waals surface area contributed by atoms with Crippen LogP contribution in [0.1, 0.15) is 25.6 Å². The number of anilines is 2. The summed E-state index contributed by atoms with van der Waals surface area (Å²) >= 11 is 0. The number of nitrogens with one attached hydrogen (secondary N) is 1. The van der Waals surface area contributed by atoms with Gasteiger partial charge in [0.2, 0.25) is 11.8 Å². The molecule has 8 heteroatoms. The van der Waals surface area contributed by atoms with Crippen LogP contribution in [-0.4, -0.2) is 41.9 Å². The number of primary amides is 2. The number of nitrogens with two attached hydrogens (primary N) is 2. The van der Waals surface area contributed by atoms with Crippen LogP contribution in [-0.2, 0) is 9.59 Å². The van der Waals surface area contributed by atoms with E-state index in [2.05, 4.69) is 15.3 Å². The number of amides is 2. The molecule has 0 bridgehead atoms. The molecule has 20 heavy (non-hydrogen) atoms. The van der Waals surface area contributed by atoms with Gasteiger partial charge in [-0.25, -0.2) is 9.97 Å². The van der Waals surface area contributed by atoms with E-state index in [1.165, 1.54) is 4.90 Å². The first-order valence-corrected chi connectivity index (χ1v) is 6.21. The van der Waals surface area contributed by atoms with Crippen molar-refractivity contribution in [2.75, 3.05) is 30.4 Å². The third kappa shape index (κ3) is 4.38. The van der Waals surface area contributed by atoms with E-state index in [0.29, 0.717) is 17.5 Å². The molecule has 8 nitrogen and oxygen atoms in total. The van der Waals surface area contributed by atoms with Crippen molar-refractivity contribution < 1.29 is 9.59 Å². The van der Waals surface area contributed by atoms with E-state index in [1.807, 2.05) is 13.8 Å². The zero-order chi connectivity index (χ0) is 15.3. The van der Waals surface area contributed by atoms with Crippen LogP contribution in [0.3, 0.4) is 0 Å². The van der Waals surface area contributed by atoms with Crippen LogP contribution in [0.5, 0.6) is 0 Å². The highest BCUT2D eigenvalue weighted by Gasteiger charge is 2.16. The van der Waals surface area contributed by atoms with E-state index in [0.717, 1.165) is 0 Å². The second kappa shape index (κ2) is 6.69. The lowest BCUT2D eigenvalue weighted by molar-refractivity contribution is -0.117. The van der Waals surface area contributed by atoms with Crippen molar-refractivity contribution in [3.8, 4) is 0 Å². The van der Waals surface area contributed by atoms with E-state index in [4.69, 9.17) is 11.5 Å². The van der Waals surface area contributed by atoms with Crippen LogP contribution in [0, 0.1) is 0 Å². The molecular weight excluding hydrogens is 260 g/mol. The average molecular weight is 280 g/mol. The molecule has 110 valence electrons. The Labute approximate surface area is 117 Å².